The number of hydrogen-bond donors (Lipinski definition) is 1. The first-order valence-corrected chi connectivity index (χ1v) is 6.48. The van der Waals surface area contributed by atoms with Gasteiger partial charge in [-0.25, -0.2) is 9.78 Å². The zero-order chi connectivity index (χ0) is 14.3. The smallest absolute Gasteiger partial charge is 0.337 e. The van der Waals surface area contributed by atoms with E-state index in [0.29, 0.717) is 21.5 Å². The number of nitrogens with zero attached hydrogens (tertiary/aromatic N) is 2. The summed E-state index contributed by atoms with van der Waals surface area (Å²) in [5, 5.41) is 9.99. The van der Waals surface area contributed by atoms with Gasteiger partial charge in [-0.15, -0.1) is 0 Å². The van der Waals surface area contributed by atoms with E-state index in [9.17, 15) is 4.79 Å². The van der Waals surface area contributed by atoms with Crippen LogP contribution in [0.2, 0.25) is 10.2 Å². The summed E-state index contributed by atoms with van der Waals surface area (Å²) >= 11 is 12.1. The Hall–Kier alpha value is -2.04. The third kappa shape index (κ3) is 2.13. The van der Waals surface area contributed by atoms with E-state index in [0.717, 1.165) is 5.56 Å². The van der Waals surface area contributed by atoms with Crippen LogP contribution in [-0.2, 0) is 0 Å². The standard InChI is InChI=1S/C14H8Cl2N2O2/c15-10-4-1-8(2-5-10)12-13(16)18-7-9(14(19)20)3-6-11(18)17-12/h1-7H,(H,19,20). The Bertz CT molecular complexity index is 810. The molecule has 0 aliphatic rings. The first-order valence-electron chi connectivity index (χ1n) is 5.73. The Kier molecular flexibility index (Phi) is 3.12. The van der Waals surface area contributed by atoms with Crippen molar-refractivity contribution in [2.75, 3.05) is 0 Å². The maximum atomic E-state index is 11.0. The molecule has 2 aromatic heterocycles. The molecular formula is C14H8Cl2N2O2. The van der Waals surface area contributed by atoms with Gasteiger partial charge in [-0.05, 0) is 24.3 Å². The van der Waals surface area contributed by atoms with E-state index < -0.39 is 5.97 Å². The molecule has 3 aromatic rings. The molecule has 6 heteroatoms. The van der Waals surface area contributed by atoms with Crippen LogP contribution in [0.5, 0.6) is 0 Å². The van der Waals surface area contributed by atoms with Gasteiger partial charge in [0, 0.05) is 16.8 Å². The highest BCUT2D eigenvalue weighted by Gasteiger charge is 2.13. The molecule has 20 heavy (non-hydrogen) atoms. The van der Waals surface area contributed by atoms with Gasteiger partial charge in [0.1, 0.15) is 16.5 Å². The minimum absolute atomic E-state index is 0.152. The number of carbonyl (C=O) groups is 1. The number of rotatable bonds is 2. The summed E-state index contributed by atoms with van der Waals surface area (Å²) in [7, 11) is 0. The number of carboxylic acid groups (broad SMARTS) is 1. The van der Waals surface area contributed by atoms with Crippen molar-refractivity contribution < 1.29 is 9.90 Å². The maximum Gasteiger partial charge on any atom is 0.337 e. The summed E-state index contributed by atoms with van der Waals surface area (Å²) in [6, 6.07) is 10.2. The van der Waals surface area contributed by atoms with Crippen LogP contribution in [0.25, 0.3) is 16.9 Å². The molecule has 0 saturated carbocycles. The number of fused-ring (bicyclic) bond motifs is 1. The van der Waals surface area contributed by atoms with E-state index in [1.807, 2.05) is 12.1 Å². The van der Waals surface area contributed by atoms with E-state index in [4.69, 9.17) is 28.3 Å². The number of pyridine rings is 1. The summed E-state index contributed by atoms with van der Waals surface area (Å²) in [4.78, 5) is 15.4. The van der Waals surface area contributed by atoms with Crippen molar-refractivity contribution in [2.24, 2.45) is 0 Å². The molecule has 0 saturated heterocycles. The van der Waals surface area contributed by atoms with E-state index in [1.165, 1.54) is 12.3 Å². The molecule has 1 aromatic carbocycles. The molecule has 0 fully saturated rings. The van der Waals surface area contributed by atoms with Gasteiger partial charge in [0.25, 0.3) is 0 Å². The number of aromatic carboxylic acids is 1. The van der Waals surface area contributed by atoms with Gasteiger partial charge in [0.15, 0.2) is 0 Å². The van der Waals surface area contributed by atoms with Gasteiger partial charge in [-0.3, -0.25) is 4.40 Å². The molecule has 0 atom stereocenters. The van der Waals surface area contributed by atoms with Crippen LogP contribution < -0.4 is 0 Å². The number of carboxylic acids is 1. The summed E-state index contributed by atoms with van der Waals surface area (Å²) in [6.07, 6.45) is 1.45. The molecule has 0 amide bonds. The average molecular weight is 307 g/mol. The summed E-state index contributed by atoms with van der Waals surface area (Å²) in [5.41, 5.74) is 2.15. The lowest BCUT2D eigenvalue weighted by Gasteiger charge is -1.99. The fourth-order valence-corrected chi connectivity index (χ4v) is 2.35. The largest absolute Gasteiger partial charge is 0.478 e. The maximum absolute atomic E-state index is 11.0. The molecule has 3 rings (SSSR count). The highest BCUT2D eigenvalue weighted by molar-refractivity contribution is 6.32. The van der Waals surface area contributed by atoms with Crippen molar-refractivity contribution in [3.8, 4) is 11.3 Å². The highest BCUT2D eigenvalue weighted by Crippen LogP contribution is 2.29. The fourth-order valence-electron chi connectivity index (χ4n) is 1.93. The van der Waals surface area contributed by atoms with Crippen LogP contribution in [0.3, 0.4) is 0 Å². The van der Waals surface area contributed by atoms with Crippen LogP contribution in [0, 0.1) is 0 Å². The van der Waals surface area contributed by atoms with Crippen molar-refractivity contribution >= 4 is 34.8 Å². The minimum Gasteiger partial charge on any atom is -0.478 e. The molecule has 100 valence electrons. The van der Waals surface area contributed by atoms with Gasteiger partial charge < -0.3 is 5.11 Å². The van der Waals surface area contributed by atoms with Crippen LogP contribution in [0.4, 0.5) is 0 Å². The number of imidazole rings is 1. The van der Waals surface area contributed by atoms with E-state index >= 15 is 0 Å². The molecule has 0 aliphatic heterocycles. The number of aromatic nitrogens is 2. The Morgan fingerprint density at radius 2 is 1.80 bits per heavy atom. The molecular weight excluding hydrogens is 299 g/mol. The minimum atomic E-state index is -1.01. The van der Waals surface area contributed by atoms with Crippen LogP contribution in [-0.4, -0.2) is 20.5 Å². The molecule has 0 radical (unpaired) electrons. The first kappa shape index (κ1) is 13.0. The first-order chi connectivity index (χ1) is 9.56. The van der Waals surface area contributed by atoms with Gasteiger partial charge in [-0.2, -0.15) is 0 Å². The monoisotopic (exact) mass is 306 g/mol. The molecule has 4 nitrogen and oxygen atoms in total. The lowest BCUT2D eigenvalue weighted by molar-refractivity contribution is 0.0696. The van der Waals surface area contributed by atoms with E-state index in [-0.39, 0.29) is 5.56 Å². The second-order valence-corrected chi connectivity index (χ2v) is 5.00. The zero-order valence-electron chi connectivity index (χ0n) is 10.0. The molecule has 0 aliphatic carbocycles. The topological polar surface area (TPSA) is 54.6 Å². The predicted octanol–water partition coefficient (Wildman–Crippen LogP) is 4.01. The average Bonchev–Trinajstić information content (AvgIpc) is 2.76. The molecule has 0 unspecified atom stereocenters. The quantitative estimate of drug-likeness (QED) is 0.778. The SMILES string of the molecule is O=C(O)c1ccc2nc(-c3ccc(Cl)cc3)c(Cl)n2c1. The lowest BCUT2D eigenvalue weighted by Crippen LogP contribution is -1.98. The molecule has 2 heterocycles. The van der Waals surface area contributed by atoms with Crippen molar-refractivity contribution in [1.29, 1.82) is 0 Å². The summed E-state index contributed by atoms with van der Waals surface area (Å²) in [6.45, 7) is 0. The summed E-state index contributed by atoms with van der Waals surface area (Å²) in [5.74, 6) is -1.01. The Labute approximate surface area is 124 Å². The highest BCUT2D eigenvalue weighted by atomic mass is 35.5. The number of benzene rings is 1. The Morgan fingerprint density at radius 3 is 2.45 bits per heavy atom. The van der Waals surface area contributed by atoms with Gasteiger partial charge in [-0.1, -0.05) is 35.3 Å². The number of halogens is 2. The van der Waals surface area contributed by atoms with E-state index in [1.54, 1.807) is 22.6 Å². The van der Waals surface area contributed by atoms with Crippen molar-refractivity contribution in [3.05, 3.63) is 58.3 Å². The van der Waals surface area contributed by atoms with Gasteiger partial charge in [0.2, 0.25) is 0 Å². The predicted molar refractivity (Wildman–Crippen MR) is 77.6 cm³/mol. The Morgan fingerprint density at radius 1 is 1.10 bits per heavy atom. The molecule has 0 bridgehead atoms. The fraction of sp³-hybridized carbons (Fsp3) is 0. The molecule has 0 spiro atoms. The van der Waals surface area contributed by atoms with Crippen molar-refractivity contribution in [2.45, 2.75) is 0 Å². The Balaban J connectivity index is 2.20. The van der Waals surface area contributed by atoms with Crippen molar-refractivity contribution in [3.63, 3.8) is 0 Å². The zero-order valence-corrected chi connectivity index (χ0v) is 11.6. The second-order valence-electron chi connectivity index (χ2n) is 4.21. The summed E-state index contributed by atoms with van der Waals surface area (Å²) < 4.78 is 1.55. The van der Waals surface area contributed by atoms with Gasteiger partial charge in [0.05, 0.1) is 5.56 Å². The lowest BCUT2D eigenvalue weighted by atomic mass is 10.2. The van der Waals surface area contributed by atoms with Gasteiger partial charge >= 0.3 is 5.97 Å². The van der Waals surface area contributed by atoms with Crippen molar-refractivity contribution in [1.82, 2.24) is 9.38 Å². The number of hydrogen-bond acceptors (Lipinski definition) is 2. The third-order valence-corrected chi connectivity index (χ3v) is 3.54. The van der Waals surface area contributed by atoms with E-state index in [2.05, 4.69) is 4.98 Å². The van der Waals surface area contributed by atoms with Crippen LogP contribution >= 0.6 is 23.2 Å². The van der Waals surface area contributed by atoms with Crippen LogP contribution in [0.1, 0.15) is 10.4 Å². The normalized spacial score (nSPS) is 10.9. The third-order valence-electron chi connectivity index (χ3n) is 2.92. The van der Waals surface area contributed by atoms with Crippen LogP contribution in [0.15, 0.2) is 42.6 Å². The second kappa shape index (κ2) is 4.81. The molecule has 1 N–H and O–H groups in total.